The zero-order chi connectivity index (χ0) is 42.6. The third-order valence-electron chi connectivity index (χ3n) is 13.0. The third kappa shape index (κ3) is 5.64. The van der Waals surface area contributed by atoms with Gasteiger partial charge in [-0.15, -0.1) is 22.7 Å². The van der Waals surface area contributed by atoms with Crippen LogP contribution in [0.5, 0.6) is 0 Å². The van der Waals surface area contributed by atoms with Crippen LogP contribution in [-0.2, 0) is 0 Å². The van der Waals surface area contributed by atoms with Crippen molar-refractivity contribution in [1.29, 1.82) is 0 Å². The average molecular weight is 863 g/mol. The maximum atomic E-state index is 5.54. The van der Waals surface area contributed by atoms with Crippen LogP contribution in [0.15, 0.2) is 206 Å². The van der Waals surface area contributed by atoms with Gasteiger partial charge in [0.25, 0.3) is 0 Å². The standard InChI is InChI=1S/C59H34N4S2/c1-2-15-35(16-3-1)57-60-58(62-59(61-57)45-24-14-28-52-54(45)43-22-9-12-26-50(43)64-52)42-30-29-39(63-48-25-11-8-21-41(48)46-31-36-17-4-5-18-37(36)32-49(46)63)34-47(42)55-40-20-7-6-19-38(40)33-53-56(55)44-23-10-13-27-51(44)65-53/h1-34H. The molecule has 10 aromatic carbocycles. The van der Waals surface area contributed by atoms with Crippen LogP contribution in [0, 0.1) is 0 Å². The van der Waals surface area contributed by atoms with Gasteiger partial charge in [-0.05, 0) is 93.3 Å². The van der Waals surface area contributed by atoms with Gasteiger partial charge in [-0.2, -0.15) is 0 Å². The molecular weight excluding hydrogens is 829 g/mol. The molecule has 0 aliphatic heterocycles. The van der Waals surface area contributed by atoms with E-state index in [1.807, 2.05) is 17.4 Å². The van der Waals surface area contributed by atoms with Gasteiger partial charge in [0.15, 0.2) is 17.5 Å². The van der Waals surface area contributed by atoms with Gasteiger partial charge in [0.05, 0.1) is 11.0 Å². The Kier molecular flexibility index (Phi) is 7.99. The molecule has 0 fully saturated rings. The van der Waals surface area contributed by atoms with E-state index in [1.165, 1.54) is 78.2 Å². The predicted molar refractivity (Wildman–Crippen MR) is 277 cm³/mol. The lowest BCUT2D eigenvalue weighted by Gasteiger charge is -2.18. The second-order valence-corrected chi connectivity index (χ2v) is 18.9. The number of benzene rings is 10. The van der Waals surface area contributed by atoms with Crippen LogP contribution in [0.4, 0.5) is 0 Å². The summed E-state index contributed by atoms with van der Waals surface area (Å²) in [5, 5.41) is 12.1. The van der Waals surface area contributed by atoms with Crippen molar-refractivity contribution in [3.8, 4) is 51.0 Å². The fourth-order valence-electron chi connectivity index (χ4n) is 10.1. The summed E-state index contributed by atoms with van der Waals surface area (Å²) in [6, 6.07) is 74.5. The van der Waals surface area contributed by atoms with Gasteiger partial charge in [0, 0.05) is 73.5 Å². The van der Waals surface area contributed by atoms with Crippen LogP contribution in [0.2, 0.25) is 0 Å². The highest BCUT2D eigenvalue weighted by molar-refractivity contribution is 7.26. The lowest BCUT2D eigenvalue weighted by molar-refractivity contribution is 1.08. The van der Waals surface area contributed by atoms with Crippen molar-refractivity contribution in [1.82, 2.24) is 19.5 Å². The van der Waals surface area contributed by atoms with Crippen LogP contribution in [-0.4, -0.2) is 19.5 Å². The van der Waals surface area contributed by atoms with E-state index in [0.717, 1.165) is 39.0 Å². The Morgan fingerprint density at radius 2 is 0.923 bits per heavy atom. The van der Waals surface area contributed by atoms with E-state index in [4.69, 9.17) is 15.0 Å². The van der Waals surface area contributed by atoms with Crippen LogP contribution in [0.1, 0.15) is 0 Å². The molecule has 0 saturated heterocycles. The van der Waals surface area contributed by atoms with Crippen LogP contribution in [0.3, 0.4) is 0 Å². The molecule has 0 atom stereocenters. The van der Waals surface area contributed by atoms with Crippen molar-refractivity contribution < 1.29 is 0 Å². The fraction of sp³-hybridized carbons (Fsp3) is 0. The minimum absolute atomic E-state index is 0.626. The van der Waals surface area contributed by atoms with E-state index in [9.17, 15) is 0 Å². The van der Waals surface area contributed by atoms with Crippen LogP contribution >= 0.6 is 22.7 Å². The number of hydrogen-bond acceptors (Lipinski definition) is 5. The smallest absolute Gasteiger partial charge is 0.164 e. The lowest BCUT2D eigenvalue weighted by atomic mass is 9.90. The number of rotatable bonds is 5. The number of aromatic nitrogens is 4. The summed E-state index contributed by atoms with van der Waals surface area (Å²) in [5.41, 5.74) is 8.50. The molecule has 4 aromatic heterocycles. The maximum Gasteiger partial charge on any atom is 0.164 e. The minimum Gasteiger partial charge on any atom is -0.309 e. The first-order valence-corrected chi connectivity index (χ1v) is 23.5. The first-order valence-electron chi connectivity index (χ1n) is 21.8. The molecule has 6 heteroatoms. The molecule has 302 valence electrons. The fourth-order valence-corrected chi connectivity index (χ4v) is 12.4. The summed E-state index contributed by atoms with van der Waals surface area (Å²) in [4.78, 5) is 16.3. The van der Waals surface area contributed by atoms with Gasteiger partial charge < -0.3 is 4.57 Å². The van der Waals surface area contributed by atoms with Gasteiger partial charge in [-0.1, -0.05) is 146 Å². The molecule has 0 saturated carbocycles. The molecular formula is C59H34N4S2. The van der Waals surface area contributed by atoms with E-state index >= 15 is 0 Å². The predicted octanol–water partition coefficient (Wildman–Crippen LogP) is 16.7. The van der Waals surface area contributed by atoms with Crippen molar-refractivity contribution in [2.24, 2.45) is 0 Å². The van der Waals surface area contributed by atoms with Crippen molar-refractivity contribution in [2.45, 2.75) is 0 Å². The number of hydrogen-bond donors (Lipinski definition) is 0. The number of fused-ring (bicyclic) bond motifs is 11. The average Bonchev–Trinajstić information content (AvgIpc) is 4.04. The summed E-state index contributed by atoms with van der Waals surface area (Å²) in [6.07, 6.45) is 0. The third-order valence-corrected chi connectivity index (χ3v) is 15.3. The first kappa shape index (κ1) is 36.5. The molecule has 0 aliphatic carbocycles. The summed E-state index contributed by atoms with van der Waals surface area (Å²) < 4.78 is 7.40. The van der Waals surface area contributed by atoms with Gasteiger partial charge in [0.2, 0.25) is 0 Å². The van der Waals surface area contributed by atoms with Crippen molar-refractivity contribution >= 4 is 106 Å². The Hall–Kier alpha value is -8.03. The first-order chi connectivity index (χ1) is 32.2. The summed E-state index contributed by atoms with van der Waals surface area (Å²) in [7, 11) is 0. The van der Waals surface area contributed by atoms with Crippen molar-refractivity contribution in [3.63, 3.8) is 0 Å². The lowest BCUT2D eigenvalue weighted by Crippen LogP contribution is -2.02. The molecule has 14 aromatic rings. The molecule has 0 radical (unpaired) electrons. The zero-order valence-electron chi connectivity index (χ0n) is 34.7. The van der Waals surface area contributed by atoms with Gasteiger partial charge in [-0.25, -0.2) is 15.0 Å². The molecule has 4 heterocycles. The molecule has 65 heavy (non-hydrogen) atoms. The monoisotopic (exact) mass is 862 g/mol. The quantitative estimate of drug-likeness (QED) is 0.173. The van der Waals surface area contributed by atoms with Crippen LogP contribution in [0.25, 0.3) is 135 Å². The second-order valence-electron chi connectivity index (χ2n) is 16.7. The highest BCUT2D eigenvalue weighted by Crippen LogP contribution is 2.48. The van der Waals surface area contributed by atoms with Crippen LogP contribution < -0.4 is 0 Å². The Labute approximate surface area is 381 Å². The van der Waals surface area contributed by atoms with E-state index < -0.39 is 0 Å². The second kappa shape index (κ2) is 14.2. The summed E-state index contributed by atoms with van der Waals surface area (Å²) in [5.74, 6) is 1.91. The summed E-state index contributed by atoms with van der Waals surface area (Å²) in [6.45, 7) is 0. The molecule has 0 spiro atoms. The SMILES string of the molecule is c1ccc(-c2nc(-c3ccc(-n4c5ccccc5c5cc6ccccc6cc54)cc3-c3c4ccccc4cc4sc5ccccc5c34)nc(-c3cccc4sc5ccccc5c34)n2)cc1. The molecule has 0 N–H and O–H groups in total. The van der Waals surface area contributed by atoms with E-state index in [1.54, 1.807) is 11.3 Å². The Morgan fingerprint density at radius 3 is 1.72 bits per heavy atom. The van der Waals surface area contributed by atoms with Crippen molar-refractivity contribution in [3.05, 3.63) is 206 Å². The molecule has 0 aliphatic rings. The Bertz CT molecular complexity index is 4250. The van der Waals surface area contributed by atoms with E-state index in [0.29, 0.717) is 17.5 Å². The Morgan fingerprint density at radius 1 is 0.323 bits per heavy atom. The highest BCUT2D eigenvalue weighted by Gasteiger charge is 2.24. The van der Waals surface area contributed by atoms with E-state index in [2.05, 4.69) is 205 Å². The number of thiophene rings is 2. The molecule has 0 unspecified atom stereocenters. The maximum absolute atomic E-state index is 5.54. The molecule has 14 rings (SSSR count). The van der Waals surface area contributed by atoms with Gasteiger partial charge >= 0.3 is 0 Å². The normalized spacial score (nSPS) is 12.0. The molecule has 4 nitrogen and oxygen atoms in total. The van der Waals surface area contributed by atoms with Crippen molar-refractivity contribution in [2.75, 3.05) is 0 Å². The topological polar surface area (TPSA) is 43.6 Å². The molecule has 0 bridgehead atoms. The van der Waals surface area contributed by atoms with Gasteiger partial charge in [0.1, 0.15) is 0 Å². The zero-order valence-corrected chi connectivity index (χ0v) is 36.4. The number of nitrogens with zero attached hydrogens (tertiary/aromatic N) is 4. The largest absolute Gasteiger partial charge is 0.309 e. The highest BCUT2D eigenvalue weighted by atomic mass is 32.1. The van der Waals surface area contributed by atoms with E-state index in [-0.39, 0.29) is 0 Å². The van der Waals surface area contributed by atoms with Gasteiger partial charge in [-0.3, -0.25) is 0 Å². The minimum atomic E-state index is 0.626. The molecule has 0 amide bonds. The number of para-hydroxylation sites is 1. The summed E-state index contributed by atoms with van der Waals surface area (Å²) >= 11 is 3.66. The Balaban J connectivity index is 1.12.